The van der Waals surface area contributed by atoms with Crippen LogP contribution in [0.2, 0.25) is 0 Å². The predicted octanol–water partition coefficient (Wildman–Crippen LogP) is 2.05. The second-order valence-electron chi connectivity index (χ2n) is 3.30. The normalized spacial score (nSPS) is 20.5. The molecule has 2 nitrogen and oxygen atoms in total. The highest BCUT2D eigenvalue weighted by Gasteiger charge is 2.25. The van der Waals surface area contributed by atoms with Crippen LogP contribution in [0, 0.1) is 6.92 Å². The number of nitrogens with one attached hydrogen (secondary N) is 1. The van der Waals surface area contributed by atoms with Crippen molar-refractivity contribution in [3.63, 3.8) is 0 Å². The fourth-order valence-electron chi connectivity index (χ4n) is 1.54. The molecular weight excluding hydrogens is 150 g/mol. The van der Waals surface area contributed by atoms with Crippen molar-refractivity contribution in [2.24, 2.45) is 0 Å². The van der Waals surface area contributed by atoms with Crippen molar-refractivity contribution >= 4 is 11.6 Å². The summed E-state index contributed by atoms with van der Waals surface area (Å²) in [4.78, 5) is 11.2. The number of anilines is 1. The summed E-state index contributed by atoms with van der Waals surface area (Å²) in [7, 11) is 0. The van der Waals surface area contributed by atoms with Crippen molar-refractivity contribution in [2.45, 2.75) is 19.8 Å². The van der Waals surface area contributed by atoms with E-state index in [2.05, 4.69) is 5.32 Å². The van der Waals surface area contributed by atoms with E-state index in [0.717, 1.165) is 11.3 Å². The molecule has 1 amide bonds. The molecule has 1 atom stereocenters. The van der Waals surface area contributed by atoms with Gasteiger partial charge in [-0.3, -0.25) is 4.79 Å². The molecule has 2 rings (SSSR count). The maximum atomic E-state index is 11.2. The Kier molecular flexibility index (Phi) is 1.43. The molecule has 0 spiro atoms. The van der Waals surface area contributed by atoms with Gasteiger partial charge in [0.05, 0.1) is 5.92 Å². The quantitative estimate of drug-likeness (QED) is 0.620. The summed E-state index contributed by atoms with van der Waals surface area (Å²) in [6, 6.07) is 6.07. The maximum absolute atomic E-state index is 11.2. The van der Waals surface area contributed by atoms with Gasteiger partial charge in [0.25, 0.3) is 0 Å². The SMILES string of the molecule is Cc1ccc2c(c1)NC(=O)[C@@H]2C. The van der Waals surface area contributed by atoms with Crippen LogP contribution in [0.5, 0.6) is 0 Å². The standard InChI is InChI=1S/C10H11NO/c1-6-3-4-8-7(2)10(12)11-9(8)5-6/h3-5,7H,1-2H3,(H,11,12)/t7-/m1/s1. The topological polar surface area (TPSA) is 29.1 Å². The number of amides is 1. The molecule has 0 unspecified atom stereocenters. The highest BCUT2D eigenvalue weighted by Crippen LogP contribution is 2.32. The summed E-state index contributed by atoms with van der Waals surface area (Å²) in [5.41, 5.74) is 3.28. The van der Waals surface area contributed by atoms with Gasteiger partial charge in [0.1, 0.15) is 0 Å². The fraction of sp³-hybridized carbons (Fsp3) is 0.300. The number of benzene rings is 1. The second kappa shape index (κ2) is 2.34. The van der Waals surface area contributed by atoms with Crippen molar-refractivity contribution in [3.8, 4) is 0 Å². The number of hydrogen-bond acceptors (Lipinski definition) is 1. The zero-order chi connectivity index (χ0) is 8.72. The first kappa shape index (κ1) is 7.35. The Morgan fingerprint density at radius 1 is 1.42 bits per heavy atom. The summed E-state index contributed by atoms with van der Waals surface area (Å²) in [5, 5.41) is 2.85. The van der Waals surface area contributed by atoms with Crippen molar-refractivity contribution in [2.75, 3.05) is 5.32 Å². The lowest BCUT2D eigenvalue weighted by Crippen LogP contribution is -2.08. The van der Waals surface area contributed by atoms with Gasteiger partial charge in [0.2, 0.25) is 5.91 Å². The van der Waals surface area contributed by atoms with Crippen molar-refractivity contribution < 1.29 is 4.79 Å². The van der Waals surface area contributed by atoms with E-state index in [1.165, 1.54) is 5.56 Å². The van der Waals surface area contributed by atoms with Gasteiger partial charge in [0, 0.05) is 5.69 Å². The van der Waals surface area contributed by atoms with Crippen LogP contribution < -0.4 is 5.32 Å². The maximum Gasteiger partial charge on any atom is 0.231 e. The number of fused-ring (bicyclic) bond motifs is 1. The Balaban J connectivity index is 2.54. The van der Waals surface area contributed by atoms with Gasteiger partial charge in [-0.1, -0.05) is 12.1 Å². The van der Waals surface area contributed by atoms with Crippen LogP contribution >= 0.6 is 0 Å². The molecule has 2 heteroatoms. The molecule has 1 aliphatic heterocycles. The third-order valence-electron chi connectivity index (χ3n) is 2.33. The van der Waals surface area contributed by atoms with Gasteiger partial charge in [-0.2, -0.15) is 0 Å². The molecule has 0 fully saturated rings. The zero-order valence-electron chi connectivity index (χ0n) is 7.22. The van der Waals surface area contributed by atoms with Gasteiger partial charge < -0.3 is 5.32 Å². The largest absolute Gasteiger partial charge is 0.325 e. The molecule has 0 saturated carbocycles. The number of rotatable bonds is 0. The Hall–Kier alpha value is -1.31. The summed E-state index contributed by atoms with van der Waals surface area (Å²) >= 11 is 0. The molecule has 62 valence electrons. The van der Waals surface area contributed by atoms with Crippen LogP contribution in [-0.4, -0.2) is 5.91 Å². The zero-order valence-corrected chi connectivity index (χ0v) is 7.22. The smallest absolute Gasteiger partial charge is 0.231 e. The first-order valence-corrected chi connectivity index (χ1v) is 4.10. The molecule has 1 aromatic carbocycles. The number of aryl methyl sites for hydroxylation is 1. The molecule has 0 aromatic heterocycles. The van der Waals surface area contributed by atoms with Crippen LogP contribution in [0.4, 0.5) is 5.69 Å². The molecule has 1 aliphatic rings. The molecule has 1 aromatic rings. The molecule has 0 bridgehead atoms. The lowest BCUT2D eigenvalue weighted by Gasteiger charge is -2.00. The molecule has 1 heterocycles. The molecule has 0 aliphatic carbocycles. The third-order valence-corrected chi connectivity index (χ3v) is 2.33. The summed E-state index contributed by atoms with van der Waals surface area (Å²) in [6.07, 6.45) is 0. The van der Waals surface area contributed by atoms with E-state index >= 15 is 0 Å². The summed E-state index contributed by atoms with van der Waals surface area (Å²) in [6.45, 7) is 3.95. The van der Waals surface area contributed by atoms with Gasteiger partial charge in [-0.25, -0.2) is 0 Å². The number of hydrogen-bond donors (Lipinski definition) is 1. The van der Waals surface area contributed by atoms with E-state index in [1.807, 2.05) is 32.0 Å². The van der Waals surface area contributed by atoms with E-state index in [9.17, 15) is 4.79 Å². The van der Waals surface area contributed by atoms with Crippen molar-refractivity contribution in [1.29, 1.82) is 0 Å². The van der Waals surface area contributed by atoms with E-state index in [-0.39, 0.29) is 11.8 Å². The minimum Gasteiger partial charge on any atom is -0.325 e. The number of carbonyl (C=O) groups is 1. The van der Waals surface area contributed by atoms with Crippen LogP contribution in [-0.2, 0) is 4.79 Å². The Bertz CT molecular complexity index is 344. The summed E-state index contributed by atoms with van der Waals surface area (Å²) in [5.74, 6) is 0.121. The number of carbonyl (C=O) groups excluding carboxylic acids is 1. The van der Waals surface area contributed by atoms with E-state index in [4.69, 9.17) is 0 Å². The lowest BCUT2D eigenvalue weighted by molar-refractivity contribution is -0.116. The second-order valence-corrected chi connectivity index (χ2v) is 3.30. The Morgan fingerprint density at radius 3 is 2.92 bits per heavy atom. The van der Waals surface area contributed by atoms with Gasteiger partial charge >= 0.3 is 0 Å². The van der Waals surface area contributed by atoms with Crippen molar-refractivity contribution in [1.82, 2.24) is 0 Å². The first-order chi connectivity index (χ1) is 5.68. The monoisotopic (exact) mass is 161 g/mol. The third kappa shape index (κ3) is 0.916. The molecule has 0 radical (unpaired) electrons. The van der Waals surface area contributed by atoms with Crippen LogP contribution in [0.3, 0.4) is 0 Å². The average molecular weight is 161 g/mol. The van der Waals surface area contributed by atoms with E-state index in [0.29, 0.717) is 0 Å². The predicted molar refractivity (Wildman–Crippen MR) is 48.2 cm³/mol. The average Bonchev–Trinajstić information content (AvgIpc) is 2.28. The van der Waals surface area contributed by atoms with Gasteiger partial charge in [-0.15, -0.1) is 0 Å². The van der Waals surface area contributed by atoms with Crippen LogP contribution in [0.1, 0.15) is 24.0 Å². The van der Waals surface area contributed by atoms with Gasteiger partial charge in [0.15, 0.2) is 0 Å². The lowest BCUT2D eigenvalue weighted by atomic mass is 10.0. The first-order valence-electron chi connectivity index (χ1n) is 4.10. The van der Waals surface area contributed by atoms with Crippen molar-refractivity contribution in [3.05, 3.63) is 29.3 Å². The van der Waals surface area contributed by atoms with Gasteiger partial charge in [-0.05, 0) is 31.0 Å². The highest BCUT2D eigenvalue weighted by atomic mass is 16.2. The minimum atomic E-state index is 0.0144. The fourth-order valence-corrected chi connectivity index (χ4v) is 1.54. The molecule has 0 saturated heterocycles. The minimum absolute atomic E-state index is 0.0144. The Labute approximate surface area is 71.6 Å². The highest BCUT2D eigenvalue weighted by molar-refractivity contribution is 6.02. The van der Waals surface area contributed by atoms with Crippen LogP contribution in [0.15, 0.2) is 18.2 Å². The summed E-state index contributed by atoms with van der Waals surface area (Å²) < 4.78 is 0. The van der Waals surface area contributed by atoms with Crippen LogP contribution in [0.25, 0.3) is 0 Å². The molecule has 1 N–H and O–H groups in total. The van der Waals surface area contributed by atoms with E-state index < -0.39 is 0 Å². The Morgan fingerprint density at radius 2 is 2.17 bits per heavy atom. The molecular formula is C10H11NO. The van der Waals surface area contributed by atoms with E-state index in [1.54, 1.807) is 0 Å². The molecule has 12 heavy (non-hydrogen) atoms.